The topological polar surface area (TPSA) is 76.7 Å². The number of carbonyl (C=O) groups excluding carboxylic acids is 2. The molecule has 0 aromatic heterocycles. The van der Waals surface area contributed by atoms with Gasteiger partial charge in [-0.15, -0.1) is 0 Å². The number of methoxy groups -OCH3 is 1. The predicted molar refractivity (Wildman–Crippen MR) is 106 cm³/mol. The van der Waals surface area contributed by atoms with Gasteiger partial charge in [0.15, 0.2) is 6.61 Å². The first kappa shape index (κ1) is 20.0. The quantitative estimate of drug-likeness (QED) is 0.487. The van der Waals surface area contributed by atoms with Crippen molar-refractivity contribution >= 4 is 49.8 Å². The van der Waals surface area contributed by atoms with Gasteiger partial charge in [0.05, 0.1) is 11.6 Å². The summed E-state index contributed by atoms with van der Waals surface area (Å²) in [5.41, 5.74) is 5.39. The largest absolute Gasteiger partial charge is 0.497 e. The Hall–Kier alpha value is -2.32. The smallest absolute Gasteiger partial charge is 0.276 e. The lowest BCUT2D eigenvalue weighted by atomic mass is 10.2. The summed E-state index contributed by atoms with van der Waals surface area (Å²) in [6.07, 6.45) is 2.94. The first-order valence-corrected chi connectivity index (χ1v) is 9.05. The Morgan fingerprint density at radius 1 is 1.08 bits per heavy atom. The second-order valence-electron chi connectivity index (χ2n) is 5.01. The van der Waals surface area contributed by atoms with Crippen LogP contribution in [-0.2, 0) is 9.59 Å². The molecule has 0 aliphatic rings. The van der Waals surface area contributed by atoms with Crippen LogP contribution in [0.1, 0.15) is 5.56 Å². The van der Waals surface area contributed by atoms with Gasteiger partial charge in [-0.1, -0.05) is 28.1 Å². The maximum absolute atomic E-state index is 11.7. The summed E-state index contributed by atoms with van der Waals surface area (Å²) >= 11 is 6.67. The van der Waals surface area contributed by atoms with E-state index in [2.05, 4.69) is 42.7 Å². The number of hydrogen-bond donors (Lipinski definition) is 2. The number of halogens is 2. The fraction of sp³-hybridized carbons (Fsp3) is 0.111. The Morgan fingerprint density at radius 3 is 2.46 bits per heavy atom. The highest BCUT2D eigenvalue weighted by atomic mass is 79.9. The number of benzene rings is 2. The summed E-state index contributed by atoms with van der Waals surface area (Å²) in [6, 6.07) is 12.5. The van der Waals surface area contributed by atoms with Crippen molar-refractivity contribution in [2.45, 2.75) is 0 Å². The highest BCUT2D eigenvalue weighted by Crippen LogP contribution is 2.28. The van der Waals surface area contributed by atoms with Crippen molar-refractivity contribution in [1.82, 2.24) is 10.9 Å². The number of ether oxygens (including phenoxy) is 2. The van der Waals surface area contributed by atoms with E-state index in [-0.39, 0.29) is 6.61 Å². The lowest BCUT2D eigenvalue weighted by Gasteiger charge is -2.09. The average molecular weight is 484 g/mol. The molecule has 6 nitrogen and oxygen atoms in total. The van der Waals surface area contributed by atoms with Crippen LogP contribution in [0.5, 0.6) is 11.5 Å². The maximum Gasteiger partial charge on any atom is 0.276 e. The van der Waals surface area contributed by atoms with Crippen LogP contribution in [0, 0.1) is 0 Å². The van der Waals surface area contributed by atoms with Gasteiger partial charge in [-0.3, -0.25) is 20.4 Å². The van der Waals surface area contributed by atoms with Crippen molar-refractivity contribution in [2.24, 2.45) is 0 Å². The number of carbonyl (C=O) groups is 2. The molecule has 2 aromatic rings. The normalized spacial score (nSPS) is 10.4. The summed E-state index contributed by atoms with van der Waals surface area (Å²) in [5.74, 6) is 0.315. The number of amides is 2. The summed E-state index contributed by atoms with van der Waals surface area (Å²) in [5, 5.41) is 0. The van der Waals surface area contributed by atoms with E-state index in [9.17, 15) is 9.59 Å². The Morgan fingerprint density at radius 2 is 1.81 bits per heavy atom. The van der Waals surface area contributed by atoms with Crippen molar-refractivity contribution in [3.8, 4) is 11.5 Å². The highest BCUT2D eigenvalue weighted by Gasteiger charge is 2.06. The van der Waals surface area contributed by atoms with Crippen LogP contribution < -0.4 is 20.3 Å². The van der Waals surface area contributed by atoms with Crippen LogP contribution in [0.15, 0.2) is 57.5 Å². The minimum absolute atomic E-state index is 0.233. The molecule has 2 rings (SSSR count). The van der Waals surface area contributed by atoms with Gasteiger partial charge in [0.1, 0.15) is 11.5 Å². The van der Waals surface area contributed by atoms with Gasteiger partial charge >= 0.3 is 0 Å². The molecule has 0 bridgehead atoms. The molecule has 0 saturated carbocycles. The van der Waals surface area contributed by atoms with E-state index in [1.165, 1.54) is 6.08 Å². The Labute approximate surface area is 167 Å². The first-order valence-electron chi connectivity index (χ1n) is 7.47. The zero-order valence-electron chi connectivity index (χ0n) is 13.8. The molecule has 0 heterocycles. The minimum atomic E-state index is -0.481. The van der Waals surface area contributed by atoms with E-state index in [0.29, 0.717) is 10.2 Å². The molecule has 0 radical (unpaired) electrons. The molecule has 8 heteroatoms. The standard InChI is InChI=1S/C18H16Br2N2O4/c1-25-14-6-2-12(3-7-14)4-9-17(23)21-22-18(24)11-26-16-8-5-13(19)10-15(16)20/h2-10H,11H2,1H3,(H,21,23)(H,22,24)/b9-4+. The number of hydrogen-bond acceptors (Lipinski definition) is 4. The summed E-state index contributed by atoms with van der Waals surface area (Å²) in [4.78, 5) is 23.4. The van der Waals surface area contributed by atoms with Gasteiger partial charge in [0, 0.05) is 10.5 Å². The Bertz CT molecular complexity index is 807. The monoisotopic (exact) mass is 482 g/mol. The molecular formula is C18H16Br2N2O4. The van der Waals surface area contributed by atoms with Crippen LogP contribution >= 0.6 is 31.9 Å². The number of hydrazine groups is 1. The van der Waals surface area contributed by atoms with E-state index in [0.717, 1.165) is 15.8 Å². The Kier molecular flexibility index (Phi) is 7.68. The number of nitrogens with one attached hydrogen (secondary N) is 2. The van der Waals surface area contributed by atoms with E-state index in [4.69, 9.17) is 9.47 Å². The zero-order chi connectivity index (χ0) is 18.9. The molecular weight excluding hydrogens is 468 g/mol. The summed E-state index contributed by atoms with van der Waals surface area (Å²) < 4.78 is 12.0. The van der Waals surface area contributed by atoms with Crippen LogP contribution in [-0.4, -0.2) is 25.5 Å². The van der Waals surface area contributed by atoms with E-state index in [1.807, 2.05) is 12.1 Å². The third-order valence-electron chi connectivity index (χ3n) is 3.12. The van der Waals surface area contributed by atoms with Crippen molar-refractivity contribution in [1.29, 1.82) is 0 Å². The Balaban J connectivity index is 1.75. The van der Waals surface area contributed by atoms with Gasteiger partial charge in [-0.2, -0.15) is 0 Å². The summed E-state index contributed by atoms with van der Waals surface area (Å²) in [7, 11) is 1.58. The van der Waals surface area contributed by atoms with Gasteiger partial charge in [0.2, 0.25) is 0 Å². The van der Waals surface area contributed by atoms with Crippen LogP contribution in [0.3, 0.4) is 0 Å². The van der Waals surface area contributed by atoms with Crippen LogP contribution in [0.4, 0.5) is 0 Å². The van der Waals surface area contributed by atoms with Crippen molar-refractivity contribution in [3.63, 3.8) is 0 Å². The molecule has 2 amide bonds. The van der Waals surface area contributed by atoms with E-state index < -0.39 is 11.8 Å². The predicted octanol–water partition coefficient (Wildman–Crippen LogP) is 3.46. The van der Waals surface area contributed by atoms with Gasteiger partial charge in [-0.25, -0.2) is 0 Å². The maximum atomic E-state index is 11.7. The molecule has 26 heavy (non-hydrogen) atoms. The molecule has 0 spiro atoms. The molecule has 2 N–H and O–H groups in total. The fourth-order valence-electron chi connectivity index (χ4n) is 1.83. The van der Waals surface area contributed by atoms with E-state index >= 15 is 0 Å². The lowest BCUT2D eigenvalue weighted by Crippen LogP contribution is -2.43. The van der Waals surface area contributed by atoms with Gasteiger partial charge in [-0.05, 0) is 57.9 Å². The second-order valence-corrected chi connectivity index (χ2v) is 6.78. The minimum Gasteiger partial charge on any atom is -0.497 e. The summed E-state index contributed by atoms with van der Waals surface area (Å²) in [6.45, 7) is -0.233. The molecule has 0 fully saturated rings. The van der Waals surface area contributed by atoms with Crippen molar-refractivity contribution < 1.29 is 19.1 Å². The molecule has 0 saturated heterocycles. The van der Waals surface area contributed by atoms with Gasteiger partial charge < -0.3 is 9.47 Å². The second kappa shape index (κ2) is 9.98. The number of rotatable bonds is 6. The average Bonchev–Trinajstić information content (AvgIpc) is 2.64. The molecule has 136 valence electrons. The van der Waals surface area contributed by atoms with Gasteiger partial charge in [0.25, 0.3) is 11.8 Å². The molecule has 0 atom stereocenters. The SMILES string of the molecule is COc1ccc(/C=C/C(=O)NNC(=O)COc2ccc(Br)cc2Br)cc1. The fourth-order valence-corrected chi connectivity index (χ4v) is 2.99. The molecule has 0 aliphatic carbocycles. The lowest BCUT2D eigenvalue weighted by molar-refractivity contribution is -0.128. The first-order chi connectivity index (χ1) is 12.5. The zero-order valence-corrected chi connectivity index (χ0v) is 17.0. The molecule has 0 aliphatic heterocycles. The van der Waals surface area contributed by atoms with E-state index in [1.54, 1.807) is 43.5 Å². The highest BCUT2D eigenvalue weighted by molar-refractivity contribution is 9.11. The molecule has 0 unspecified atom stereocenters. The van der Waals surface area contributed by atoms with Crippen molar-refractivity contribution in [3.05, 3.63) is 63.0 Å². The van der Waals surface area contributed by atoms with Crippen LogP contribution in [0.2, 0.25) is 0 Å². The third kappa shape index (κ3) is 6.53. The third-order valence-corrected chi connectivity index (χ3v) is 4.23. The van der Waals surface area contributed by atoms with Crippen molar-refractivity contribution in [2.75, 3.05) is 13.7 Å². The van der Waals surface area contributed by atoms with Crippen LogP contribution in [0.25, 0.3) is 6.08 Å². The molecule has 2 aromatic carbocycles.